The fourth-order valence-electron chi connectivity index (χ4n) is 4.87. The van der Waals surface area contributed by atoms with E-state index >= 15 is 0 Å². The molecule has 0 spiro atoms. The van der Waals surface area contributed by atoms with Gasteiger partial charge in [-0.2, -0.15) is 10.2 Å². The fraction of sp³-hybridized carbons (Fsp3) is 0.303. The van der Waals surface area contributed by atoms with Gasteiger partial charge in [0.15, 0.2) is 0 Å². The molecule has 1 amide bonds. The second-order valence-electron chi connectivity index (χ2n) is 10.5. The molecule has 0 aliphatic carbocycles. The van der Waals surface area contributed by atoms with Crippen LogP contribution < -0.4 is 25.7 Å². The topological polar surface area (TPSA) is 140 Å². The summed E-state index contributed by atoms with van der Waals surface area (Å²) in [7, 11) is 4.71. The summed E-state index contributed by atoms with van der Waals surface area (Å²) in [6.07, 6.45) is 3.57. The molecule has 0 unspecified atom stereocenters. The summed E-state index contributed by atoms with van der Waals surface area (Å²) in [6.45, 7) is 6.11. The molecule has 0 saturated carbocycles. The van der Waals surface area contributed by atoms with Crippen LogP contribution in [0.1, 0.15) is 26.3 Å². The maximum absolute atomic E-state index is 14.1. The van der Waals surface area contributed by atoms with Gasteiger partial charge in [0.2, 0.25) is 5.95 Å². The van der Waals surface area contributed by atoms with Crippen LogP contribution in [-0.2, 0) is 22.5 Å². The van der Waals surface area contributed by atoms with E-state index in [2.05, 4.69) is 20.6 Å². The second-order valence-corrected chi connectivity index (χ2v) is 10.9. The van der Waals surface area contributed by atoms with Crippen LogP contribution in [-0.4, -0.2) is 53.9 Å². The number of carbonyl (C=O) groups excluding carboxylic acids is 1. The summed E-state index contributed by atoms with van der Waals surface area (Å²) in [6, 6.07) is 14.2. The summed E-state index contributed by atoms with van der Waals surface area (Å²) < 4.78 is 18.0. The summed E-state index contributed by atoms with van der Waals surface area (Å²) in [5.74, 6) is 0.671. The molecule has 0 bridgehead atoms. The van der Waals surface area contributed by atoms with E-state index in [0.717, 1.165) is 5.56 Å². The average Bonchev–Trinajstić information content (AvgIpc) is 3.03. The zero-order valence-corrected chi connectivity index (χ0v) is 26.8. The van der Waals surface area contributed by atoms with Crippen LogP contribution in [0.15, 0.2) is 65.1 Å². The number of nitrogens with zero attached hydrogens (tertiary/aromatic N) is 4. The van der Waals surface area contributed by atoms with Crippen molar-refractivity contribution >= 4 is 40.2 Å². The lowest BCUT2D eigenvalue weighted by atomic mass is 10.0. The normalized spacial score (nSPS) is 11.6. The molecular weight excluding hydrogens is 596 g/mol. The van der Waals surface area contributed by atoms with Crippen LogP contribution >= 0.6 is 11.6 Å². The summed E-state index contributed by atoms with van der Waals surface area (Å²) in [5.41, 5.74) is 1.43. The molecule has 0 radical (unpaired) electrons. The number of benzene rings is 2. The molecule has 2 aromatic carbocycles. The van der Waals surface area contributed by atoms with E-state index in [1.165, 1.54) is 20.3 Å². The molecule has 11 nitrogen and oxygen atoms in total. The number of hydrogen-bond acceptors (Lipinski definition) is 9. The van der Waals surface area contributed by atoms with Crippen molar-refractivity contribution in [2.45, 2.75) is 39.3 Å². The van der Waals surface area contributed by atoms with Gasteiger partial charge in [-0.1, -0.05) is 23.7 Å². The van der Waals surface area contributed by atoms with E-state index in [1.54, 1.807) is 68.1 Å². The van der Waals surface area contributed by atoms with Crippen LogP contribution in [0.5, 0.6) is 11.5 Å². The first kappa shape index (κ1) is 33.0. The van der Waals surface area contributed by atoms with Crippen LogP contribution in [0.25, 0.3) is 22.2 Å². The van der Waals surface area contributed by atoms with E-state index < -0.39 is 11.5 Å². The molecule has 0 aliphatic heterocycles. The van der Waals surface area contributed by atoms with E-state index in [-0.39, 0.29) is 22.7 Å². The van der Waals surface area contributed by atoms with Gasteiger partial charge in [0.05, 0.1) is 24.8 Å². The molecule has 0 fully saturated rings. The van der Waals surface area contributed by atoms with Gasteiger partial charge in [0, 0.05) is 54.7 Å². The van der Waals surface area contributed by atoms with E-state index in [9.17, 15) is 14.9 Å². The van der Waals surface area contributed by atoms with Gasteiger partial charge in [-0.25, -0.2) is 4.98 Å². The Labute approximate surface area is 266 Å². The Hall–Kier alpha value is -4.92. The molecule has 0 atom stereocenters. The molecule has 234 valence electrons. The van der Waals surface area contributed by atoms with E-state index in [1.807, 2.05) is 19.1 Å². The highest BCUT2D eigenvalue weighted by Gasteiger charge is 2.21. The van der Waals surface area contributed by atoms with Gasteiger partial charge < -0.3 is 24.8 Å². The van der Waals surface area contributed by atoms with Gasteiger partial charge in [0.25, 0.3) is 11.5 Å². The van der Waals surface area contributed by atoms with Crippen molar-refractivity contribution in [3.63, 3.8) is 0 Å². The number of methoxy groups -OCH3 is 2. The molecule has 2 heterocycles. The molecule has 2 aromatic heterocycles. The van der Waals surface area contributed by atoms with Gasteiger partial charge in [0.1, 0.15) is 28.8 Å². The van der Waals surface area contributed by atoms with Crippen molar-refractivity contribution in [1.29, 1.82) is 5.26 Å². The van der Waals surface area contributed by atoms with Crippen molar-refractivity contribution < 1.29 is 19.0 Å². The van der Waals surface area contributed by atoms with E-state index in [0.29, 0.717) is 58.3 Å². The predicted molar refractivity (Wildman–Crippen MR) is 175 cm³/mol. The number of aryl methyl sites for hydroxylation is 2. The predicted octanol–water partition coefficient (Wildman–Crippen LogP) is 5.62. The third kappa shape index (κ3) is 7.60. The molecule has 4 aromatic rings. The molecule has 0 saturated heterocycles. The van der Waals surface area contributed by atoms with E-state index in [4.69, 9.17) is 25.8 Å². The summed E-state index contributed by atoms with van der Waals surface area (Å²) in [4.78, 5) is 35.9. The van der Waals surface area contributed by atoms with Crippen molar-refractivity contribution in [1.82, 2.24) is 14.5 Å². The molecule has 45 heavy (non-hydrogen) atoms. The SMILES string of the molecule is CCOC(C)(C)/C=C(\C#N)C(=O)Nc1cccc(CCn2c(=O)c(-c3cc(OC)cc(OC)c3Cl)cc3cnc(NC)nc32)c1. The lowest BCUT2D eigenvalue weighted by Gasteiger charge is -2.20. The molecular formula is C33H35ClN6O5. The molecule has 2 N–H and O–H groups in total. The maximum Gasteiger partial charge on any atom is 0.266 e. The van der Waals surface area contributed by atoms with Gasteiger partial charge in [-0.05, 0) is 63.1 Å². The minimum atomic E-state index is -0.777. The number of halogens is 1. The largest absolute Gasteiger partial charge is 0.497 e. The minimum absolute atomic E-state index is 0.0541. The number of nitrogens with one attached hydrogen (secondary N) is 2. The molecule has 12 heteroatoms. The fourth-order valence-corrected chi connectivity index (χ4v) is 5.16. The Bertz CT molecular complexity index is 1860. The highest BCUT2D eigenvalue weighted by atomic mass is 35.5. The van der Waals surface area contributed by atoms with Crippen LogP contribution in [0.3, 0.4) is 0 Å². The summed E-state index contributed by atoms with van der Waals surface area (Å²) >= 11 is 6.68. The number of hydrogen-bond donors (Lipinski definition) is 2. The number of rotatable bonds is 12. The third-order valence-corrected chi connectivity index (χ3v) is 7.38. The summed E-state index contributed by atoms with van der Waals surface area (Å²) in [5, 5.41) is 16.2. The Balaban J connectivity index is 1.70. The van der Waals surface area contributed by atoms with Gasteiger partial charge >= 0.3 is 0 Å². The number of fused-ring (bicyclic) bond motifs is 1. The van der Waals surface area contributed by atoms with Crippen molar-refractivity contribution in [3.05, 3.63) is 81.3 Å². The third-order valence-electron chi connectivity index (χ3n) is 6.99. The van der Waals surface area contributed by atoms with Gasteiger partial charge in [-0.15, -0.1) is 0 Å². The lowest BCUT2D eigenvalue weighted by Crippen LogP contribution is -2.25. The van der Waals surface area contributed by atoms with Gasteiger partial charge in [-0.3, -0.25) is 14.2 Å². The Morgan fingerprint density at radius 1 is 1.16 bits per heavy atom. The molecule has 4 rings (SSSR count). The van der Waals surface area contributed by atoms with Crippen LogP contribution in [0.4, 0.5) is 11.6 Å². The number of pyridine rings is 1. The minimum Gasteiger partial charge on any atom is -0.497 e. The smallest absolute Gasteiger partial charge is 0.266 e. The highest BCUT2D eigenvalue weighted by Crippen LogP contribution is 2.38. The number of carbonyl (C=O) groups is 1. The first-order valence-electron chi connectivity index (χ1n) is 14.2. The van der Waals surface area contributed by atoms with Crippen LogP contribution in [0, 0.1) is 11.3 Å². The highest BCUT2D eigenvalue weighted by molar-refractivity contribution is 6.35. The Kier molecular flexibility index (Phi) is 10.4. The maximum atomic E-state index is 14.1. The molecule has 0 aliphatic rings. The second kappa shape index (κ2) is 14.2. The van der Waals surface area contributed by atoms with Crippen molar-refractivity contribution in [2.75, 3.05) is 38.5 Å². The number of anilines is 2. The number of nitriles is 1. The lowest BCUT2D eigenvalue weighted by molar-refractivity contribution is -0.112. The zero-order valence-electron chi connectivity index (χ0n) is 26.0. The van der Waals surface area contributed by atoms with Crippen molar-refractivity contribution in [3.8, 4) is 28.7 Å². The quantitative estimate of drug-likeness (QED) is 0.151. The average molecular weight is 631 g/mol. The first-order valence-corrected chi connectivity index (χ1v) is 14.6. The zero-order chi connectivity index (χ0) is 32.7. The Morgan fingerprint density at radius 3 is 2.60 bits per heavy atom. The Morgan fingerprint density at radius 2 is 1.93 bits per heavy atom. The number of amides is 1. The van der Waals surface area contributed by atoms with Crippen LogP contribution in [0.2, 0.25) is 5.02 Å². The number of ether oxygens (including phenoxy) is 3. The number of aromatic nitrogens is 3. The standard InChI is InChI=1S/C33H35ClN6O5/c1-7-45-33(2,3)17-22(18-35)30(41)38-23-10-8-9-20(13-23)11-12-40-29-21(19-37-32(36-4)39-29)14-26(31(40)42)25-15-24(43-5)16-27(44-6)28(25)34/h8-10,13-17,19H,7,11-12H2,1-6H3,(H,38,41)(H,36,37,39)/b22-17+. The first-order chi connectivity index (χ1) is 21.5. The monoisotopic (exact) mass is 630 g/mol. The van der Waals surface area contributed by atoms with Crippen molar-refractivity contribution in [2.24, 2.45) is 0 Å².